The van der Waals surface area contributed by atoms with E-state index in [0.717, 1.165) is 14.9 Å². The number of hydrogen-bond acceptors (Lipinski definition) is 7. The molecule has 0 aliphatic carbocycles. The fraction of sp³-hybridized carbons (Fsp3) is 0.250. The Bertz CT molecular complexity index is 1420. The third-order valence-corrected chi connectivity index (χ3v) is 6.35. The van der Waals surface area contributed by atoms with E-state index in [1.807, 2.05) is 24.3 Å². The van der Waals surface area contributed by atoms with Crippen LogP contribution < -0.4 is 4.90 Å². The Morgan fingerprint density at radius 1 is 1.27 bits per heavy atom. The molecule has 0 spiro atoms. The highest BCUT2D eigenvalue weighted by Gasteiger charge is 2.26. The zero-order valence-electron chi connectivity index (χ0n) is 16.1. The number of aromatic nitrogens is 5. The highest BCUT2D eigenvalue weighted by Crippen LogP contribution is 2.33. The van der Waals surface area contributed by atoms with Crippen LogP contribution in [0.25, 0.3) is 33.5 Å². The fourth-order valence-electron chi connectivity index (χ4n) is 3.76. The molecular formula is C20H18N6O3S. The zero-order valence-corrected chi connectivity index (χ0v) is 16.9. The van der Waals surface area contributed by atoms with Gasteiger partial charge in [-0.15, -0.1) is 6.42 Å². The van der Waals surface area contributed by atoms with E-state index in [2.05, 4.69) is 19.9 Å². The van der Waals surface area contributed by atoms with E-state index in [0.29, 0.717) is 42.4 Å². The van der Waals surface area contributed by atoms with Gasteiger partial charge in [0.15, 0.2) is 11.5 Å². The minimum absolute atomic E-state index is 0.0713. The lowest BCUT2D eigenvalue weighted by Gasteiger charge is -2.34. The number of morpholine rings is 1. The van der Waals surface area contributed by atoms with Crippen molar-refractivity contribution in [3.63, 3.8) is 0 Å². The molecule has 1 N–H and O–H groups in total. The summed E-state index contributed by atoms with van der Waals surface area (Å²) in [5.74, 6) is 1.05. The van der Waals surface area contributed by atoms with Crippen molar-refractivity contribution in [1.82, 2.24) is 23.9 Å². The van der Waals surface area contributed by atoms with Crippen molar-refractivity contribution in [2.24, 2.45) is 0 Å². The predicted octanol–water partition coefficient (Wildman–Crippen LogP) is 1.97. The molecule has 0 radical (unpaired) electrons. The average molecular weight is 422 g/mol. The maximum Gasteiger partial charge on any atom is 0.309 e. The summed E-state index contributed by atoms with van der Waals surface area (Å²) in [5, 5.41) is 3.31. The summed E-state index contributed by atoms with van der Waals surface area (Å²) < 4.78 is 31.5. The lowest BCUT2D eigenvalue weighted by molar-refractivity contribution is 0.0987. The van der Waals surface area contributed by atoms with Crippen molar-refractivity contribution in [1.29, 1.82) is 0 Å². The molecule has 9 nitrogen and oxygen atoms in total. The summed E-state index contributed by atoms with van der Waals surface area (Å²) in [7, 11) is -3.98. The van der Waals surface area contributed by atoms with Gasteiger partial charge in [-0.25, -0.2) is 18.9 Å². The maximum absolute atomic E-state index is 12.5. The first-order valence-electron chi connectivity index (χ1n) is 9.38. The van der Waals surface area contributed by atoms with E-state index in [1.165, 1.54) is 6.20 Å². The van der Waals surface area contributed by atoms with Crippen LogP contribution >= 0.6 is 0 Å². The second kappa shape index (κ2) is 6.83. The molecule has 0 aromatic carbocycles. The molecule has 1 aliphatic rings. The van der Waals surface area contributed by atoms with Crippen molar-refractivity contribution in [3.05, 3.63) is 36.8 Å². The zero-order chi connectivity index (χ0) is 20.9. The molecule has 0 saturated carbocycles. The summed E-state index contributed by atoms with van der Waals surface area (Å²) in [6, 6.07) is 5.46. The van der Waals surface area contributed by atoms with Gasteiger partial charge < -0.3 is 14.6 Å². The number of H-pyrrole nitrogens is 1. The molecule has 1 fully saturated rings. The fourth-order valence-corrected chi connectivity index (χ4v) is 4.47. The first-order chi connectivity index (χ1) is 14.5. The lowest BCUT2D eigenvalue weighted by atomic mass is 10.1. The van der Waals surface area contributed by atoms with E-state index in [9.17, 15) is 8.42 Å². The number of terminal acetylenes is 1. The Labute approximate surface area is 172 Å². The molecule has 1 aliphatic heterocycles. The maximum atomic E-state index is 12.5. The number of hydrogen-bond donors (Lipinski definition) is 1. The topological polar surface area (TPSA) is 106 Å². The average Bonchev–Trinajstić information content (AvgIpc) is 3.40. The van der Waals surface area contributed by atoms with E-state index in [-0.39, 0.29) is 11.7 Å². The first kappa shape index (κ1) is 18.6. The van der Waals surface area contributed by atoms with Crippen LogP contribution in [0, 0.1) is 11.7 Å². The molecule has 5 heterocycles. The van der Waals surface area contributed by atoms with Gasteiger partial charge in [0.25, 0.3) is 0 Å². The first-order valence-corrected chi connectivity index (χ1v) is 10.8. The standard InChI is InChI=1S/C20H18N6O3S/c1-3-30(27,28)26-9-6-16-19(25-10-11-29-12-13(25)2)23-18(24-20(16)26)15-5-8-22-17-14(15)4-7-21-17/h1,4-9,13H,10-12H2,2H3,(H,21,22)/t13-/m1/s1. The van der Waals surface area contributed by atoms with E-state index in [1.54, 1.807) is 18.5 Å². The normalized spacial score (nSPS) is 17.5. The Balaban J connectivity index is 1.83. The molecule has 152 valence electrons. The van der Waals surface area contributed by atoms with Gasteiger partial charge in [0.05, 0.1) is 24.6 Å². The number of rotatable bonds is 3. The van der Waals surface area contributed by atoms with Crippen LogP contribution in [0.3, 0.4) is 0 Å². The van der Waals surface area contributed by atoms with Crippen LogP contribution in [0.1, 0.15) is 6.92 Å². The van der Waals surface area contributed by atoms with Gasteiger partial charge in [0, 0.05) is 41.3 Å². The summed E-state index contributed by atoms with van der Waals surface area (Å²) in [5.41, 5.74) is 1.69. The molecular weight excluding hydrogens is 404 g/mol. The van der Waals surface area contributed by atoms with Crippen molar-refractivity contribution in [2.75, 3.05) is 24.7 Å². The SMILES string of the molecule is C#CS(=O)(=O)n1ccc2c(N3CCOC[C@H]3C)nc(-c3ccnc4[nH]ccc34)nc21. The van der Waals surface area contributed by atoms with Gasteiger partial charge in [-0.05, 0) is 25.1 Å². The van der Waals surface area contributed by atoms with Crippen LogP contribution in [0.15, 0.2) is 36.8 Å². The highest BCUT2D eigenvalue weighted by molar-refractivity contribution is 7.94. The van der Waals surface area contributed by atoms with Crippen molar-refractivity contribution in [3.8, 4) is 23.1 Å². The van der Waals surface area contributed by atoms with Crippen LogP contribution in [-0.4, -0.2) is 58.1 Å². The molecule has 0 bridgehead atoms. The van der Waals surface area contributed by atoms with Gasteiger partial charge in [-0.1, -0.05) is 0 Å². The number of pyridine rings is 1. The summed E-state index contributed by atoms with van der Waals surface area (Å²) in [4.78, 5) is 19.0. The third kappa shape index (κ3) is 2.82. The summed E-state index contributed by atoms with van der Waals surface area (Å²) in [6.45, 7) is 3.79. The number of fused-ring (bicyclic) bond motifs is 2. The minimum Gasteiger partial charge on any atom is -0.377 e. The quantitative estimate of drug-likeness (QED) is 0.503. The van der Waals surface area contributed by atoms with Gasteiger partial charge in [-0.3, -0.25) is 0 Å². The van der Waals surface area contributed by atoms with Crippen molar-refractivity contribution in [2.45, 2.75) is 13.0 Å². The second-order valence-electron chi connectivity index (χ2n) is 7.06. The number of nitrogens with one attached hydrogen (secondary N) is 1. The van der Waals surface area contributed by atoms with Gasteiger partial charge in [0.2, 0.25) is 0 Å². The number of anilines is 1. The molecule has 4 aromatic heterocycles. The van der Waals surface area contributed by atoms with Crippen LogP contribution in [0.5, 0.6) is 0 Å². The molecule has 1 saturated heterocycles. The monoisotopic (exact) mass is 422 g/mol. The smallest absolute Gasteiger partial charge is 0.309 e. The van der Waals surface area contributed by atoms with E-state index < -0.39 is 10.0 Å². The highest BCUT2D eigenvalue weighted by atomic mass is 32.2. The molecule has 10 heteroatoms. The van der Waals surface area contributed by atoms with Crippen molar-refractivity contribution < 1.29 is 13.2 Å². The van der Waals surface area contributed by atoms with E-state index >= 15 is 0 Å². The van der Waals surface area contributed by atoms with Gasteiger partial charge >= 0.3 is 10.0 Å². The third-order valence-electron chi connectivity index (χ3n) is 5.24. The van der Waals surface area contributed by atoms with Crippen LogP contribution in [0.2, 0.25) is 0 Å². The number of nitrogens with zero attached hydrogens (tertiary/aromatic N) is 5. The van der Waals surface area contributed by atoms with Crippen LogP contribution in [0.4, 0.5) is 5.82 Å². The summed E-state index contributed by atoms with van der Waals surface area (Å²) >= 11 is 0. The Hall–Kier alpha value is -3.42. The molecule has 0 unspecified atom stereocenters. The predicted molar refractivity (Wildman–Crippen MR) is 113 cm³/mol. The molecule has 4 aromatic rings. The molecule has 1 atom stereocenters. The minimum atomic E-state index is -3.98. The largest absolute Gasteiger partial charge is 0.377 e. The number of ether oxygens (including phenoxy) is 1. The summed E-state index contributed by atoms with van der Waals surface area (Å²) in [6.07, 6.45) is 10.1. The molecule has 5 rings (SSSR count). The Morgan fingerprint density at radius 2 is 2.13 bits per heavy atom. The number of aromatic amines is 1. The lowest BCUT2D eigenvalue weighted by Crippen LogP contribution is -2.44. The van der Waals surface area contributed by atoms with Crippen molar-refractivity contribution >= 4 is 37.9 Å². The van der Waals surface area contributed by atoms with Gasteiger partial charge in [-0.2, -0.15) is 8.42 Å². The van der Waals surface area contributed by atoms with Gasteiger partial charge in [0.1, 0.15) is 11.5 Å². The molecule has 0 amide bonds. The Morgan fingerprint density at radius 3 is 2.93 bits per heavy atom. The van der Waals surface area contributed by atoms with E-state index in [4.69, 9.17) is 16.1 Å². The Kier molecular flexibility index (Phi) is 4.23. The molecule has 30 heavy (non-hydrogen) atoms. The van der Waals surface area contributed by atoms with Crippen LogP contribution in [-0.2, 0) is 14.8 Å². The second-order valence-corrected chi connectivity index (χ2v) is 8.64.